The molecule has 1 aromatic heterocycles. The van der Waals surface area contributed by atoms with E-state index in [1.54, 1.807) is 44.5 Å². The molecule has 1 fully saturated rings. The average molecular weight is 606 g/mol. The van der Waals surface area contributed by atoms with Crippen molar-refractivity contribution >= 4 is 55.0 Å². The van der Waals surface area contributed by atoms with E-state index < -0.39 is 10.0 Å². The molecule has 13 heteroatoms. The van der Waals surface area contributed by atoms with Crippen LogP contribution in [0.25, 0.3) is 0 Å². The standard InChI is InChI=1S/C25H29BrN6O5S/c1-16(33)32-12-10-17(11-13-32)37-18-8-9-22(36-3)21(14-18)30-25-28-15-19(26)24(31-25)29-20-6-4-5-7-23(20)38(34,35)27-2/h4-9,14-15,17,27H,10-13H2,1-3H3,(H2,28,29,30,31). The number of sulfonamides is 1. The number of carbonyl (C=O) groups is 1. The van der Waals surface area contributed by atoms with Crippen molar-refractivity contribution in [1.82, 2.24) is 19.6 Å². The van der Waals surface area contributed by atoms with Crippen molar-refractivity contribution in [2.45, 2.75) is 30.8 Å². The number of aromatic nitrogens is 2. The van der Waals surface area contributed by atoms with Crippen LogP contribution in [0.4, 0.5) is 23.1 Å². The number of carbonyl (C=O) groups excluding carboxylic acids is 1. The van der Waals surface area contributed by atoms with Crippen LogP contribution in [0.1, 0.15) is 19.8 Å². The van der Waals surface area contributed by atoms with E-state index in [0.717, 1.165) is 12.8 Å². The van der Waals surface area contributed by atoms with Gasteiger partial charge in [0.05, 0.1) is 23.0 Å². The molecule has 0 spiro atoms. The summed E-state index contributed by atoms with van der Waals surface area (Å²) in [6.07, 6.45) is 3.07. The number of hydrogen-bond acceptors (Lipinski definition) is 9. The number of nitrogens with one attached hydrogen (secondary N) is 3. The summed E-state index contributed by atoms with van der Waals surface area (Å²) in [5, 5.41) is 6.23. The van der Waals surface area contributed by atoms with Crippen LogP contribution in [0.5, 0.6) is 11.5 Å². The third kappa shape index (κ3) is 6.52. The molecule has 1 aliphatic heterocycles. The van der Waals surface area contributed by atoms with Crippen molar-refractivity contribution in [2.75, 3.05) is 37.9 Å². The molecule has 1 aliphatic rings. The number of nitrogens with zero attached hydrogens (tertiary/aromatic N) is 3. The molecule has 0 saturated carbocycles. The topological polar surface area (TPSA) is 135 Å². The molecule has 0 bridgehead atoms. The lowest BCUT2D eigenvalue weighted by Crippen LogP contribution is -2.40. The summed E-state index contributed by atoms with van der Waals surface area (Å²) in [5.41, 5.74) is 0.952. The van der Waals surface area contributed by atoms with Crippen LogP contribution < -0.4 is 24.8 Å². The molecule has 38 heavy (non-hydrogen) atoms. The van der Waals surface area contributed by atoms with Crippen molar-refractivity contribution < 1.29 is 22.7 Å². The minimum Gasteiger partial charge on any atom is -0.495 e. The normalized spacial score (nSPS) is 14.2. The van der Waals surface area contributed by atoms with E-state index in [0.29, 0.717) is 46.3 Å². The largest absolute Gasteiger partial charge is 0.495 e. The van der Waals surface area contributed by atoms with Crippen molar-refractivity contribution in [3.05, 3.63) is 53.1 Å². The first-order valence-corrected chi connectivity index (χ1v) is 14.2. The first-order valence-electron chi connectivity index (χ1n) is 11.9. The van der Waals surface area contributed by atoms with Gasteiger partial charge in [-0.15, -0.1) is 0 Å². The first-order chi connectivity index (χ1) is 18.2. The second-order valence-corrected chi connectivity index (χ2v) is 11.2. The van der Waals surface area contributed by atoms with Gasteiger partial charge in [0, 0.05) is 45.1 Å². The summed E-state index contributed by atoms with van der Waals surface area (Å²) in [4.78, 5) is 22.4. The fourth-order valence-corrected chi connectivity index (χ4v) is 5.19. The first kappa shape index (κ1) is 27.6. The maximum Gasteiger partial charge on any atom is 0.242 e. The lowest BCUT2D eigenvalue weighted by molar-refractivity contribution is -0.130. The highest BCUT2D eigenvalue weighted by atomic mass is 79.9. The average Bonchev–Trinajstić information content (AvgIpc) is 2.91. The number of likely N-dealkylation sites (tertiary alicyclic amines) is 1. The van der Waals surface area contributed by atoms with E-state index in [4.69, 9.17) is 9.47 Å². The molecule has 0 unspecified atom stereocenters. The Balaban J connectivity index is 1.54. The van der Waals surface area contributed by atoms with Crippen LogP contribution in [-0.2, 0) is 14.8 Å². The van der Waals surface area contributed by atoms with Gasteiger partial charge in [0.15, 0.2) is 0 Å². The van der Waals surface area contributed by atoms with Gasteiger partial charge >= 0.3 is 0 Å². The Labute approximate surface area is 230 Å². The number of hydrogen-bond donors (Lipinski definition) is 3. The van der Waals surface area contributed by atoms with Crippen LogP contribution in [0, 0.1) is 0 Å². The number of para-hydroxylation sites is 1. The predicted octanol–water partition coefficient (Wildman–Crippen LogP) is 4.03. The second kappa shape index (κ2) is 12.0. The van der Waals surface area contributed by atoms with Crippen molar-refractivity contribution in [3.63, 3.8) is 0 Å². The summed E-state index contributed by atoms with van der Waals surface area (Å²) >= 11 is 3.42. The quantitative estimate of drug-likeness (QED) is 0.331. The Hall–Kier alpha value is -3.42. The molecule has 0 atom stereocenters. The second-order valence-electron chi connectivity index (χ2n) is 8.53. The van der Waals surface area contributed by atoms with Gasteiger partial charge in [-0.1, -0.05) is 12.1 Å². The van der Waals surface area contributed by atoms with Crippen LogP contribution in [0.2, 0.25) is 0 Å². The van der Waals surface area contributed by atoms with Gasteiger partial charge in [0.2, 0.25) is 21.9 Å². The third-order valence-corrected chi connectivity index (χ3v) is 8.10. The molecular formula is C25H29BrN6O5S. The van der Waals surface area contributed by atoms with Gasteiger partial charge in [-0.3, -0.25) is 4.79 Å². The summed E-state index contributed by atoms with van der Waals surface area (Å²) in [6, 6.07) is 12.0. The Morgan fingerprint density at radius 2 is 1.84 bits per heavy atom. The molecule has 3 aromatic rings. The molecular weight excluding hydrogens is 576 g/mol. The lowest BCUT2D eigenvalue weighted by atomic mass is 10.1. The lowest BCUT2D eigenvalue weighted by Gasteiger charge is -2.31. The Bertz CT molecular complexity index is 1410. The van der Waals surface area contributed by atoms with Gasteiger partial charge in [0.25, 0.3) is 0 Å². The fraction of sp³-hybridized carbons (Fsp3) is 0.320. The van der Waals surface area contributed by atoms with Gasteiger partial charge in [-0.25, -0.2) is 18.1 Å². The van der Waals surface area contributed by atoms with Crippen LogP contribution >= 0.6 is 15.9 Å². The zero-order valence-electron chi connectivity index (χ0n) is 21.2. The van der Waals surface area contributed by atoms with E-state index in [1.807, 2.05) is 17.0 Å². The third-order valence-electron chi connectivity index (χ3n) is 6.05. The number of methoxy groups -OCH3 is 1. The number of piperidine rings is 1. The molecule has 2 heterocycles. The Morgan fingerprint density at radius 3 is 2.53 bits per heavy atom. The predicted molar refractivity (Wildman–Crippen MR) is 148 cm³/mol. The van der Waals surface area contributed by atoms with Gasteiger partial charge in [-0.2, -0.15) is 4.98 Å². The summed E-state index contributed by atoms with van der Waals surface area (Å²) in [6.45, 7) is 2.92. The molecule has 1 amide bonds. The minimum absolute atomic E-state index is 0.000496. The molecule has 202 valence electrons. The van der Waals surface area contributed by atoms with E-state index in [-0.39, 0.29) is 22.9 Å². The molecule has 0 aliphatic carbocycles. The number of anilines is 4. The van der Waals surface area contributed by atoms with Crippen molar-refractivity contribution in [1.29, 1.82) is 0 Å². The monoisotopic (exact) mass is 604 g/mol. The molecule has 2 aromatic carbocycles. The van der Waals surface area contributed by atoms with Gasteiger partial charge in [0.1, 0.15) is 28.3 Å². The summed E-state index contributed by atoms with van der Waals surface area (Å²) in [7, 11) is -0.772. The number of amides is 1. The summed E-state index contributed by atoms with van der Waals surface area (Å²) < 4.78 is 39.4. The maximum absolute atomic E-state index is 12.4. The van der Waals surface area contributed by atoms with E-state index >= 15 is 0 Å². The molecule has 4 rings (SSSR count). The highest BCUT2D eigenvalue weighted by Crippen LogP contribution is 2.34. The van der Waals surface area contributed by atoms with Crippen LogP contribution in [0.3, 0.4) is 0 Å². The van der Waals surface area contributed by atoms with E-state index in [1.165, 1.54) is 13.1 Å². The number of halogens is 1. The minimum atomic E-state index is -3.69. The van der Waals surface area contributed by atoms with Crippen LogP contribution in [-0.4, -0.2) is 62.5 Å². The van der Waals surface area contributed by atoms with Crippen molar-refractivity contribution in [2.24, 2.45) is 0 Å². The summed E-state index contributed by atoms with van der Waals surface area (Å²) in [5.74, 6) is 1.92. The fourth-order valence-electron chi connectivity index (χ4n) is 4.02. The molecule has 3 N–H and O–H groups in total. The van der Waals surface area contributed by atoms with Gasteiger partial charge in [-0.05, 0) is 47.2 Å². The van der Waals surface area contributed by atoms with E-state index in [2.05, 4.69) is 41.3 Å². The number of ether oxygens (including phenoxy) is 2. The number of benzene rings is 2. The zero-order valence-corrected chi connectivity index (χ0v) is 23.6. The highest BCUT2D eigenvalue weighted by Gasteiger charge is 2.22. The number of rotatable bonds is 9. The zero-order chi connectivity index (χ0) is 27.3. The molecule has 0 radical (unpaired) electrons. The van der Waals surface area contributed by atoms with E-state index in [9.17, 15) is 13.2 Å². The molecule has 11 nitrogen and oxygen atoms in total. The maximum atomic E-state index is 12.4. The van der Waals surface area contributed by atoms with Crippen molar-refractivity contribution in [3.8, 4) is 11.5 Å². The highest BCUT2D eigenvalue weighted by molar-refractivity contribution is 9.10. The van der Waals surface area contributed by atoms with Gasteiger partial charge < -0.3 is 25.0 Å². The Morgan fingerprint density at radius 1 is 1.11 bits per heavy atom. The van der Waals surface area contributed by atoms with Crippen LogP contribution in [0.15, 0.2) is 58.0 Å². The Kier molecular flexibility index (Phi) is 8.69. The smallest absolute Gasteiger partial charge is 0.242 e. The SMILES string of the molecule is CNS(=O)(=O)c1ccccc1Nc1nc(Nc2cc(OC3CCN(C(C)=O)CC3)ccc2OC)ncc1Br. The molecule has 1 saturated heterocycles.